The number of carbonyl (C=O) groups excluding carboxylic acids is 2. The van der Waals surface area contributed by atoms with Crippen LogP contribution in [0.15, 0.2) is 103 Å². The summed E-state index contributed by atoms with van der Waals surface area (Å²) in [5, 5.41) is 16.6. The van der Waals surface area contributed by atoms with Gasteiger partial charge in [-0.15, -0.1) is 0 Å². The van der Waals surface area contributed by atoms with Crippen LogP contribution >= 0.6 is 0 Å². The lowest BCUT2D eigenvalue weighted by molar-refractivity contribution is -0.112. The zero-order chi connectivity index (χ0) is 28.5. The molecule has 4 rings (SSSR count). The lowest BCUT2D eigenvalue weighted by Gasteiger charge is -2.32. The summed E-state index contributed by atoms with van der Waals surface area (Å²) in [5.41, 5.74) is 7.44. The van der Waals surface area contributed by atoms with Crippen LogP contribution in [0.5, 0.6) is 5.75 Å². The summed E-state index contributed by atoms with van der Waals surface area (Å²) in [5.74, 6) is 0.211. The minimum atomic E-state index is -0.802. The number of nitrogen functional groups attached to an aromatic ring is 1. The Balaban J connectivity index is 1.57. The molecule has 0 heterocycles. The molecule has 0 saturated carbocycles. The molecule has 0 bridgehead atoms. The number of benzene rings is 4. The number of rotatable bonds is 10. The topological polar surface area (TPSA) is 123 Å². The zero-order valence-corrected chi connectivity index (χ0v) is 22.5. The number of fused-ring (bicyclic) bond motifs is 1. The summed E-state index contributed by atoms with van der Waals surface area (Å²) >= 11 is 0. The third-order valence-corrected chi connectivity index (χ3v) is 6.35. The van der Waals surface area contributed by atoms with Gasteiger partial charge in [-0.3, -0.25) is 10.1 Å². The second-order valence-corrected chi connectivity index (χ2v) is 9.81. The highest BCUT2D eigenvalue weighted by molar-refractivity contribution is 6.01. The van der Waals surface area contributed by atoms with Crippen molar-refractivity contribution in [2.45, 2.75) is 20.0 Å². The van der Waals surface area contributed by atoms with Crippen LogP contribution in [-0.2, 0) is 9.53 Å². The predicted octanol–water partition coefficient (Wildman–Crippen LogP) is 6.30. The largest absolute Gasteiger partial charge is 0.491 e. The van der Waals surface area contributed by atoms with Crippen molar-refractivity contribution in [3.05, 3.63) is 109 Å². The number of aliphatic hydroxyl groups is 1. The third kappa shape index (κ3) is 7.18. The number of nitrogens with two attached hydrogens (primary N) is 1. The number of para-hydroxylation sites is 2. The Morgan fingerprint density at radius 3 is 2.33 bits per heavy atom. The molecule has 0 aliphatic carbocycles. The normalized spacial score (nSPS) is 12.2. The molecule has 206 valence electrons. The Kier molecular flexibility index (Phi) is 9.04. The quantitative estimate of drug-likeness (QED) is 0.138. The van der Waals surface area contributed by atoms with Crippen molar-refractivity contribution in [2.24, 2.45) is 5.41 Å². The van der Waals surface area contributed by atoms with Crippen LogP contribution in [0.1, 0.15) is 25.5 Å². The number of aliphatic hydroxyl groups excluding tert-OH is 1. The van der Waals surface area contributed by atoms with Gasteiger partial charge in [-0.1, -0.05) is 80.6 Å². The average molecular weight is 540 g/mol. The van der Waals surface area contributed by atoms with E-state index in [2.05, 4.69) is 10.6 Å². The molecule has 0 fully saturated rings. The van der Waals surface area contributed by atoms with Crippen LogP contribution < -0.4 is 21.1 Å². The minimum Gasteiger partial charge on any atom is -0.491 e. The molecule has 0 radical (unpaired) electrons. The molecule has 4 aromatic carbocycles. The molecule has 0 aliphatic heterocycles. The van der Waals surface area contributed by atoms with Gasteiger partial charge in [0.1, 0.15) is 18.5 Å². The van der Waals surface area contributed by atoms with E-state index in [4.69, 9.17) is 20.3 Å². The van der Waals surface area contributed by atoms with E-state index in [1.807, 2.05) is 56.3 Å². The molecule has 40 heavy (non-hydrogen) atoms. The Bertz CT molecular complexity index is 1490. The molecule has 8 nitrogen and oxygen atoms in total. The SMILES string of the molecule is CC(C)(/C=C/C(=O)Nc1ccccc1N)[C@H](OC(=O)Nc1cccc2ccccc12)c1ccc(OCCO)cc1. The highest BCUT2D eigenvalue weighted by Crippen LogP contribution is 2.39. The van der Waals surface area contributed by atoms with Gasteiger partial charge in [0, 0.05) is 10.8 Å². The van der Waals surface area contributed by atoms with Crippen LogP contribution in [-0.4, -0.2) is 30.3 Å². The van der Waals surface area contributed by atoms with Gasteiger partial charge in [0.15, 0.2) is 0 Å². The molecular formula is C32H33N3O5. The monoisotopic (exact) mass is 539 g/mol. The van der Waals surface area contributed by atoms with E-state index in [9.17, 15) is 9.59 Å². The van der Waals surface area contributed by atoms with Gasteiger partial charge in [-0.2, -0.15) is 0 Å². The van der Waals surface area contributed by atoms with Crippen molar-refractivity contribution in [3.8, 4) is 5.75 Å². The average Bonchev–Trinajstić information content (AvgIpc) is 2.95. The highest BCUT2D eigenvalue weighted by atomic mass is 16.6. The van der Waals surface area contributed by atoms with Crippen molar-refractivity contribution in [3.63, 3.8) is 0 Å². The predicted molar refractivity (Wildman–Crippen MR) is 158 cm³/mol. The van der Waals surface area contributed by atoms with Gasteiger partial charge >= 0.3 is 6.09 Å². The van der Waals surface area contributed by atoms with Gasteiger partial charge in [-0.25, -0.2) is 4.79 Å². The van der Waals surface area contributed by atoms with Gasteiger partial charge in [0.05, 0.1) is 23.7 Å². The van der Waals surface area contributed by atoms with Crippen molar-refractivity contribution in [1.29, 1.82) is 0 Å². The van der Waals surface area contributed by atoms with Crippen molar-refractivity contribution in [2.75, 3.05) is 29.6 Å². The van der Waals surface area contributed by atoms with Gasteiger partial charge in [0.2, 0.25) is 5.91 Å². The molecule has 1 atom stereocenters. The fourth-order valence-electron chi connectivity index (χ4n) is 4.30. The second-order valence-electron chi connectivity index (χ2n) is 9.81. The molecule has 0 aromatic heterocycles. The molecule has 2 amide bonds. The summed E-state index contributed by atoms with van der Waals surface area (Å²) in [7, 11) is 0. The molecule has 5 N–H and O–H groups in total. The van der Waals surface area contributed by atoms with Crippen molar-refractivity contribution < 1.29 is 24.2 Å². The highest BCUT2D eigenvalue weighted by Gasteiger charge is 2.33. The summed E-state index contributed by atoms with van der Waals surface area (Å²) in [6.45, 7) is 3.82. The molecule has 0 unspecified atom stereocenters. The van der Waals surface area contributed by atoms with Gasteiger partial charge in [-0.05, 0) is 47.4 Å². The first-order valence-electron chi connectivity index (χ1n) is 12.9. The Morgan fingerprint density at radius 2 is 1.57 bits per heavy atom. The maximum absolute atomic E-state index is 13.2. The summed E-state index contributed by atoms with van der Waals surface area (Å²) in [4.78, 5) is 25.9. The lowest BCUT2D eigenvalue weighted by atomic mass is 9.82. The van der Waals surface area contributed by atoms with Crippen molar-refractivity contribution >= 4 is 39.8 Å². The van der Waals surface area contributed by atoms with E-state index in [1.165, 1.54) is 6.08 Å². The van der Waals surface area contributed by atoms with Gasteiger partial charge < -0.3 is 25.6 Å². The van der Waals surface area contributed by atoms with Crippen LogP contribution in [0.25, 0.3) is 10.8 Å². The van der Waals surface area contributed by atoms with E-state index in [0.717, 1.165) is 10.8 Å². The molecule has 0 saturated heterocycles. The summed E-state index contributed by atoms with van der Waals surface area (Å²) < 4.78 is 11.5. The maximum Gasteiger partial charge on any atom is 0.412 e. The number of hydrogen-bond donors (Lipinski definition) is 4. The van der Waals surface area contributed by atoms with Crippen molar-refractivity contribution in [1.82, 2.24) is 0 Å². The molecule has 0 spiro atoms. The lowest BCUT2D eigenvalue weighted by Crippen LogP contribution is -2.28. The van der Waals surface area contributed by atoms with Crippen LogP contribution in [0, 0.1) is 5.41 Å². The fraction of sp³-hybridized carbons (Fsp3) is 0.188. The molecule has 8 heteroatoms. The number of anilines is 3. The second kappa shape index (κ2) is 12.8. The Labute approximate surface area is 233 Å². The first kappa shape index (κ1) is 28.2. The maximum atomic E-state index is 13.2. The zero-order valence-electron chi connectivity index (χ0n) is 22.5. The first-order valence-corrected chi connectivity index (χ1v) is 12.9. The Hall–Kier alpha value is -4.82. The van der Waals surface area contributed by atoms with E-state index >= 15 is 0 Å². The van der Waals surface area contributed by atoms with E-state index in [1.54, 1.807) is 54.6 Å². The van der Waals surface area contributed by atoms with E-state index in [0.29, 0.717) is 28.4 Å². The molecule has 4 aromatic rings. The van der Waals surface area contributed by atoms with Crippen LogP contribution in [0.2, 0.25) is 0 Å². The van der Waals surface area contributed by atoms with Crippen LogP contribution in [0.4, 0.5) is 21.9 Å². The van der Waals surface area contributed by atoms with E-state index in [-0.39, 0.29) is 19.1 Å². The summed E-state index contributed by atoms with van der Waals surface area (Å²) in [6, 6.07) is 27.5. The number of ether oxygens (including phenoxy) is 2. The van der Waals surface area contributed by atoms with Crippen LogP contribution in [0.3, 0.4) is 0 Å². The molecular weight excluding hydrogens is 506 g/mol. The van der Waals surface area contributed by atoms with E-state index < -0.39 is 17.6 Å². The number of amides is 2. The van der Waals surface area contributed by atoms with Gasteiger partial charge in [0.25, 0.3) is 0 Å². The third-order valence-electron chi connectivity index (χ3n) is 6.35. The summed E-state index contributed by atoms with van der Waals surface area (Å²) in [6.07, 6.45) is 1.71. The Morgan fingerprint density at radius 1 is 0.900 bits per heavy atom. The first-order chi connectivity index (χ1) is 19.3. The smallest absolute Gasteiger partial charge is 0.412 e. The molecule has 0 aliphatic rings. The number of carbonyl (C=O) groups is 2. The standard InChI is InChI=1S/C32H33N3O5/c1-32(2,19-18-29(37)34-28-12-6-5-11-26(28)33)30(23-14-16-24(17-15-23)39-21-20-36)40-31(38)35-27-13-7-9-22-8-3-4-10-25(22)27/h3-19,30,36H,20-21,33H2,1-2H3,(H,34,37)(H,35,38)/b19-18+/t30-/m1/s1. The fourth-order valence-corrected chi connectivity index (χ4v) is 4.30. The number of hydrogen-bond acceptors (Lipinski definition) is 6. The number of nitrogens with one attached hydrogen (secondary N) is 2. The minimum absolute atomic E-state index is 0.101.